The zero-order valence-corrected chi connectivity index (χ0v) is 11.8. The molecule has 2 nitrogen and oxygen atoms in total. The third-order valence-electron chi connectivity index (χ3n) is 3.33. The molecule has 1 fully saturated rings. The first-order valence-electron chi connectivity index (χ1n) is 6.05. The van der Waals surface area contributed by atoms with E-state index in [2.05, 4.69) is 4.90 Å². The molecule has 1 aliphatic heterocycles. The van der Waals surface area contributed by atoms with Crippen LogP contribution in [0.1, 0.15) is 18.4 Å². The summed E-state index contributed by atoms with van der Waals surface area (Å²) in [6.45, 7) is 3.70. The number of hydrogen-bond acceptors (Lipinski definition) is 2. The van der Waals surface area contributed by atoms with Crippen molar-refractivity contribution in [3.63, 3.8) is 0 Å². The summed E-state index contributed by atoms with van der Waals surface area (Å²) in [5.74, 6) is 0.244. The van der Waals surface area contributed by atoms with Gasteiger partial charge in [0.25, 0.3) is 0 Å². The Bertz CT molecular complexity index is 387. The minimum atomic E-state index is -0.353. The third-order valence-corrected chi connectivity index (χ3v) is 3.62. The molecule has 0 bridgehead atoms. The molecule has 1 aliphatic rings. The Labute approximate surface area is 119 Å². The van der Waals surface area contributed by atoms with E-state index in [1.54, 1.807) is 12.1 Å². The molecule has 0 amide bonds. The van der Waals surface area contributed by atoms with Crippen molar-refractivity contribution in [2.24, 2.45) is 11.7 Å². The number of piperidine rings is 1. The second kappa shape index (κ2) is 7.29. The normalized spacial score (nSPS) is 20.5. The Hall–Kier alpha value is -0.350. The molecule has 0 aromatic heterocycles. The first-order valence-corrected chi connectivity index (χ1v) is 6.43. The molecule has 1 atom stereocenters. The van der Waals surface area contributed by atoms with E-state index in [-0.39, 0.29) is 23.2 Å². The lowest BCUT2D eigenvalue weighted by Gasteiger charge is -2.32. The summed E-state index contributed by atoms with van der Waals surface area (Å²) in [5, 5.41) is 0.204. The van der Waals surface area contributed by atoms with Crippen LogP contribution in [0.3, 0.4) is 0 Å². The highest BCUT2D eigenvalue weighted by Gasteiger charge is 2.18. The van der Waals surface area contributed by atoms with E-state index in [4.69, 9.17) is 17.3 Å². The van der Waals surface area contributed by atoms with Gasteiger partial charge in [-0.2, -0.15) is 0 Å². The second-order valence-corrected chi connectivity index (χ2v) is 5.13. The van der Waals surface area contributed by atoms with Gasteiger partial charge in [-0.3, -0.25) is 4.90 Å². The minimum Gasteiger partial charge on any atom is -0.330 e. The molecular formula is C13H19Cl2FN2. The molecule has 0 radical (unpaired) electrons. The number of nitrogens with two attached hydrogens (primary N) is 1. The van der Waals surface area contributed by atoms with Gasteiger partial charge in [-0.15, -0.1) is 12.4 Å². The van der Waals surface area contributed by atoms with Gasteiger partial charge in [0.2, 0.25) is 0 Å². The van der Waals surface area contributed by atoms with Crippen molar-refractivity contribution < 1.29 is 4.39 Å². The number of nitrogens with zero attached hydrogens (tertiary/aromatic N) is 1. The highest BCUT2D eigenvalue weighted by molar-refractivity contribution is 6.30. The maximum absolute atomic E-state index is 13.0. The Balaban J connectivity index is 0.00000162. The highest BCUT2D eigenvalue weighted by atomic mass is 35.5. The largest absolute Gasteiger partial charge is 0.330 e. The van der Waals surface area contributed by atoms with Crippen LogP contribution in [-0.4, -0.2) is 24.5 Å². The molecule has 1 saturated heterocycles. The summed E-state index contributed by atoms with van der Waals surface area (Å²) in [7, 11) is 0. The summed E-state index contributed by atoms with van der Waals surface area (Å²) in [5.41, 5.74) is 6.77. The minimum absolute atomic E-state index is 0. The van der Waals surface area contributed by atoms with E-state index in [1.807, 2.05) is 0 Å². The molecule has 1 aromatic rings. The van der Waals surface area contributed by atoms with Crippen molar-refractivity contribution in [2.45, 2.75) is 19.4 Å². The van der Waals surface area contributed by atoms with E-state index in [0.29, 0.717) is 5.92 Å². The summed E-state index contributed by atoms with van der Waals surface area (Å²) < 4.78 is 13.0. The Kier molecular flexibility index (Phi) is 6.36. The predicted molar refractivity (Wildman–Crippen MR) is 75.7 cm³/mol. The van der Waals surface area contributed by atoms with Crippen molar-refractivity contribution >= 4 is 24.0 Å². The number of hydrogen-bond donors (Lipinski definition) is 1. The molecule has 0 saturated carbocycles. The van der Waals surface area contributed by atoms with Gasteiger partial charge < -0.3 is 5.73 Å². The Morgan fingerprint density at radius 2 is 2.22 bits per heavy atom. The summed E-state index contributed by atoms with van der Waals surface area (Å²) in [6, 6.07) is 4.94. The first kappa shape index (κ1) is 15.7. The zero-order valence-electron chi connectivity index (χ0n) is 10.2. The average Bonchev–Trinajstić information content (AvgIpc) is 2.34. The van der Waals surface area contributed by atoms with Gasteiger partial charge in [-0.1, -0.05) is 17.7 Å². The second-order valence-electron chi connectivity index (χ2n) is 4.73. The van der Waals surface area contributed by atoms with Crippen LogP contribution in [0.25, 0.3) is 0 Å². The zero-order chi connectivity index (χ0) is 12.3. The van der Waals surface area contributed by atoms with E-state index >= 15 is 0 Å². The number of halogens is 3. The smallest absolute Gasteiger partial charge is 0.141 e. The fourth-order valence-electron chi connectivity index (χ4n) is 2.38. The number of likely N-dealkylation sites (tertiary alicyclic amines) is 1. The fourth-order valence-corrected chi connectivity index (χ4v) is 2.59. The molecule has 0 spiro atoms. The quantitative estimate of drug-likeness (QED) is 0.928. The standard InChI is InChI=1S/C13H18ClFN2.ClH/c14-12-6-10(3-4-13(12)15)8-17-5-1-2-11(7-16)9-17;/h3-4,6,11H,1-2,5,7-9,16H2;1H. The number of benzene rings is 1. The first-order chi connectivity index (χ1) is 8.19. The van der Waals surface area contributed by atoms with Crippen molar-refractivity contribution in [1.29, 1.82) is 0 Å². The van der Waals surface area contributed by atoms with E-state index < -0.39 is 0 Å². The lowest BCUT2D eigenvalue weighted by Crippen LogP contribution is -2.37. The highest BCUT2D eigenvalue weighted by Crippen LogP contribution is 2.20. The van der Waals surface area contributed by atoms with Gasteiger partial charge in [-0.25, -0.2) is 4.39 Å². The van der Waals surface area contributed by atoms with Gasteiger partial charge in [-0.05, 0) is 49.5 Å². The summed E-state index contributed by atoms with van der Waals surface area (Å²) in [6.07, 6.45) is 2.41. The Morgan fingerprint density at radius 3 is 2.89 bits per heavy atom. The predicted octanol–water partition coefficient (Wildman–Crippen LogP) is 3.07. The van der Waals surface area contributed by atoms with E-state index in [1.165, 1.54) is 18.9 Å². The van der Waals surface area contributed by atoms with Crippen LogP contribution in [-0.2, 0) is 6.54 Å². The van der Waals surface area contributed by atoms with E-state index in [0.717, 1.165) is 31.7 Å². The van der Waals surface area contributed by atoms with Crippen molar-refractivity contribution in [3.8, 4) is 0 Å². The van der Waals surface area contributed by atoms with Crippen molar-refractivity contribution in [2.75, 3.05) is 19.6 Å². The average molecular weight is 293 g/mol. The van der Waals surface area contributed by atoms with Crippen molar-refractivity contribution in [3.05, 3.63) is 34.6 Å². The third kappa shape index (κ3) is 4.09. The Morgan fingerprint density at radius 1 is 1.44 bits per heavy atom. The molecule has 2 rings (SSSR count). The van der Waals surface area contributed by atoms with Gasteiger partial charge in [0, 0.05) is 13.1 Å². The maximum atomic E-state index is 13.0. The lowest BCUT2D eigenvalue weighted by atomic mass is 9.98. The molecule has 5 heteroatoms. The van der Waals surface area contributed by atoms with Crippen LogP contribution >= 0.6 is 24.0 Å². The van der Waals surface area contributed by atoms with Crippen LogP contribution < -0.4 is 5.73 Å². The van der Waals surface area contributed by atoms with Crippen LogP contribution in [0.2, 0.25) is 5.02 Å². The van der Waals surface area contributed by atoms with Crippen LogP contribution in [0.4, 0.5) is 4.39 Å². The molecule has 1 unspecified atom stereocenters. The molecule has 1 heterocycles. The molecular weight excluding hydrogens is 274 g/mol. The monoisotopic (exact) mass is 292 g/mol. The van der Waals surface area contributed by atoms with E-state index in [9.17, 15) is 4.39 Å². The van der Waals surface area contributed by atoms with Crippen LogP contribution in [0.15, 0.2) is 18.2 Å². The maximum Gasteiger partial charge on any atom is 0.141 e. The summed E-state index contributed by atoms with van der Waals surface area (Å²) >= 11 is 5.77. The van der Waals surface area contributed by atoms with Gasteiger partial charge >= 0.3 is 0 Å². The van der Waals surface area contributed by atoms with Gasteiger partial charge in [0.1, 0.15) is 5.82 Å². The molecule has 0 aliphatic carbocycles. The molecule has 1 aromatic carbocycles. The molecule has 102 valence electrons. The summed E-state index contributed by atoms with van der Waals surface area (Å²) in [4.78, 5) is 2.37. The topological polar surface area (TPSA) is 29.3 Å². The fraction of sp³-hybridized carbons (Fsp3) is 0.538. The van der Waals surface area contributed by atoms with Crippen LogP contribution in [0.5, 0.6) is 0 Å². The molecule has 18 heavy (non-hydrogen) atoms. The lowest BCUT2D eigenvalue weighted by molar-refractivity contribution is 0.171. The van der Waals surface area contributed by atoms with Gasteiger partial charge in [0.15, 0.2) is 0 Å². The number of rotatable bonds is 3. The molecule has 2 N–H and O–H groups in total. The van der Waals surface area contributed by atoms with Gasteiger partial charge in [0.05, 0.1) is 5.02 Å². The van der Waals surface area contributed by atoms with Crippen LogP contribution in [0, 0.1) is 11.7 Å². The SMILES string of the molecule is Cl.NCC1CCCN(Cc2ccc(F)c(Cl)c2)C1. The van der Waals surface area contributed by atoms with Crippen molar-refractivity contribution in [1.82, 2.24) is 4.90 Å².